The van der Waals surface area contributed by atoms with Gasteiger partial charge < -0.3 is 0 Å². The van der Waals surface area contributed by atoms with Crippen molar-refractivity contribution in [3.63, 3.8) is 0 Å². The maximum atomic E-state index is 12.5. The van der Waals surface area contributed by atoms with Gasteiger partial charge in [0.25, 0.3) is 0 Å². The maximum absolute atomic E-state index is 12.5. The van der Waals surface area contributed by atoms with Crippen LogP contribution < -0.4 is 5.48 Å². The highest BCUT2D eigenvalue weighted by atomic mass is 32.2. The van der Waals surface area contributed by atoms with E-state index < -0.39 is 10.1 Å². The standard InChI is InChI=1S/C21H19NO3S2/c1-14-7-10-17(11-8-14)27(23,24)25-22-19-13-15(2)26-20-12-9-16-5-3-4-6-18(16)21(19)20/h3-13,15,22H,1-2H3. The van der Waals surface area contributed by atoms with Gasteiger partial charge in [-0.2, -0.15) is 8.42 Å². The fraction of sp³-hybridized carbons (Fsp3) is 0.143. The molecule has 4 nitrogen and oxygen atoms in total. The Balaban J connectivity index is 1.68. The number of hydrogen-bond acceptors (Lipinski definition) is 5. The van der Waals surface area contributed by atoms with Gasteiger partial charge in [0.15, 0.2) is 0 Å². The third kappa shape index (κ3) is 3.60. The quantitative estimate of drug-likeness (QED) is 0.635. The molecular formula is C21H19NO3S2. The molecule has 0 spiro atoms. The van der Waals surface area contributed by atoms with E-state index in [-0.39, 0.29) is 10.1 Å². The molecule has 3 aromatic carbocycles. The highest BCUT2D eigenvalue weighted by molar-refractivity contribution is 8.00. The first-order valence-corrected chi connectivity index (χ1v) is 10.9. The van der Waals surface area contributed by atoms with Crippen molar-refractivity contribution in [3.05, 3.63) is 77.9 Å². The van der Waals surface area contributed by atoms with Crippen molar-refractivity contribution in [2.75, 3.05) is 0 Å². The van der Waals surface area contributed by atoms with Gasteiger partial charge in [0.1, 0.15) is 0 Å². The van der Waals surface area contributed by atoms with E-state index in [0.29, 0.717) is 5.70 Å². The number of hydrogen-bond donors (Lipinski definition) is 1. The molecule has 4 rings (SSSR count). The van der Waals surface area contributed by atoms with Crippen molar-refractivity contribution in [1.82, 2.24) is 5.48 Å². The van der Waals surface area contributed by atoms with Crippen molar-refractivity contribution in [2.24, 2.45) is 0 Å². The number of rotatable bonds is 4. The van der Waals surface area contributed by atoms with Crippen LogP contribution in [-0.2, 0) is 14.4 Å². The zero-order valence-electron chi connectivity index (χ0n) is 15.0. The van der Waals surface area contributed by atoms with E-state index in [1.54, 1.807) is 36.0 Å². The van der Waals surface area contributed by atoms with Crippen molar-refractivity contribution < 1.29 is 12.7 Å². The summed E-state index contributed by atoms with van der Waals surface area (Å²) in [4.78, 5) is 1.22. The molecule has 0 saturated carbocycles. The Morgan fingerprint density at radius 2 is 1.74 bits per heavy atom. The summed E-state index contributed by atoms with van der Waals surface area (Å²) in [7, 11) is -3.91. The van der Waals surface area contributed by atoms with Crippen LogP contribution in [0, 0.1) is 6.92 Å². The van der Waals surface area contributed by atoms with Gasteiger partial charge in [-0.15, -0.1) is 16.0 Å². The van der Waals surface area contributed by atoms with Crippen LogP contribution in [0.2, 0.25) is 0 Å². The van der Waals surface area contributed by atoms with Crippen molar-refractivity contribution in [3.8, 4) is 0 Å². The monoisotopic (exact) mass is 397 g/mol. The van der Waals surface area contributed by atoms with E-state index in [1.807, 2.05) is 37.3 Å². The normalized spacial score (nSPS) is 16.7. The van der Waals surface area contributed by atoms with Gasteiger partial charge in [-0.1, -0.05) is 48.0 Å². The average molecular weight is 398 g/mol. The lowest BCUT2D eigenvalue weighted by Crippen LogP contribution is -2.22. The Morgan fingerprint density at radius 1 is 1.00 bits per heavy atom. The highest BCUT2D eigenvalue weighted by Gasteiger charge is 2.23. The molecule has 1 aliphatic rings. The largest absolute Gasteiger partial charge is 0.317 e. The van der Waals surface area contributed by atoms with Crippen LogP contribution in [0.4, 0.5) is 0 Å². The number of hydroxylamine groups is 1. The van der Waals surface area contributed by atoms with Crippen LogP contribution in [0.25, 0.3) is 16.5 Å². The highest BCUT2D eigenvalue weighted by Crippen LogP contribution is 2.40. The molecule has 3 aromatic rings. The average Bonchev–Trinajstić information content (AvgIpc) is 2.66. The summed E-state index contributed by atoms with van der Waals surface area (Å²) in [6, 6.07) is 18.8. The lowest BCUT2D eigenvalue weighted by molar-refractivity contribution is 0.258. The number of thioether (sulfide) groups is 1. The van der Waals surface area contributed by atoms with Gasteiger partial charge in [0, 0.05) is 15.7 Å². The Morgan fingerprint density at radius 3 is 2.52 bits per heavy atom. The minimum absolute atomic E-state index is 0.123. The van der Waals surface area contributed by atoms with Gasteiger partial charge in [-0.25, -0.2) is 5.48 Å². The van der Waals surface area contributed by atoms with E-state index in [9.17, 15) is 8.42 Å². The second-order valence-corrected chi connectivity index (χ2v) is 9.48. The molecule has 1 N–H and O–H groups in total. The van der Waals surface area contributed by atoms with Crippen LogP contribution in [0.1, 0.15) is 18.1 Å². The Bertz CT molecular complexity index is 1140. The molecule has 0 saturated heterocycles. The minimum atomic E-state index is -3.91. The maximum Gasteiger partial charge on any atom is 0.317 e. The van der Waals surface area contributed by atoms with Crippen LogP contribution in [0.5, 0.6) is 0 Å². The van der Waals surface area contributed by atoms with E-state index in [0.717, 1.165) is 26.8 Å². The lowest BCUT2D eigenvalue weighted by atomic mass is 10.0. The number of aryl methyl sites for hydroxylation is 1. The van der Waals surface area contributed by atoms with Crippen molar-refractivity contribution >= 4 is 38.3 Å². The smallest absolute Gasteiger partial charge is 0.249 e. The molecule has 0 bridgehead atoms. The summed E-state index contributed by atoms with van der Waals surface area (Å²) >= 11 is 1.74. The van der Waals surface area contributed by atoms with Gasteiger partial charge in [0.05, 0.1) is 10.6 Å². The molecule has 0 fully saturated rings. The molecule has 27 heavy (non-hydrogen) atoms. The first-order valence-electron chi connectivity index (χ1n) is 8.61. The topological polar surface area (TPSA) is 55.4 Å². The van der Waals surface area contributed by atoms with Crippen molar-refractivity contribution in [1.29, 1.82) is 0 Å². The van der Waals surface area contributed by atoms with Crippen LogP contribution in [0.15, 0.2) is 76.5 Å². The number of nitrogens with one attached hydrogen (secondary N) is 1. The van der Waals surface area contributed by atoms with E-state index in [1.165, 1.54) is 0 Å². The number of fused-ring (bicyclic) bond motifs is 3. The molecule has 0 aliphatic carbocycles. The zero-order valence-corrected chi connectivity index (χ0v) is 16.6. The first kappa shape index (κ1) is 18.1. The molecule has 0 aromatic heterocycles. The predicted molar refractivity (Wildman–Crippen MR) is 110 cm³/mol. The van der Waals surface area contributed by atoms with Crippen LogP contribution in [0.3, 0.4) is 0 Å². The second-order valence-electron chi connectivity index (χ2n) is 6.52. The predicted octanol–water partition coefficient (Wildman–Crippen LogP) is 4.89. The van der Waals surface area contributed by atoms with Crippen LogP contribution in [-0.4, -0.2) is 13.7 Å². The van der Waals surface area contributed by atoms with Gasteiger partial charge in [-0.05, 0) is 48.9 Å². The number of benzene rings is 3. The van der Waals surface area contributed by atoms with Gasteiger partial charge >= 0.3 is 10.1 Å². The Hall–Kier alpha value is -2.28. The Labute approximate surface area is 163 Å². The third-order valence-electron chi connectivity index (χ3n) is 4.45. The van der Waals surface area contributed by atoms with E-state index in [4.69, 9.17) is 4.28 Å². The summed E-state index contributed by atoms with van der Waals surface area (Å²) in [5.41, 5.74) is 5.34. The molecule has 1 aliphatic heterocycles. The molecular weight excluding hydrogens is 378 g/mol. The summed E-state index contributed by atoms with van der Waals surface area (Å²) in [5.74, 6) is 0. The van der Waals surface area contributed by atoms with Crippen LogP contribution >= 0.6 is 11.8 Å². The molecule has 6 heteroatoms. The second kappa shape index (κ2) is 7.03. The summed E-state index contributed by atoms with van der Waals surface area (Å²) < 4.78 is 30.2. The zero-order chi connectivity index (χ0) is 19.0. The van der Waals surface area contributed by atoms with Crippen molar-refractivity contribution in [2.45, 2.75) is 28.9 Å². The molecule has 1 heterocycles. The molecule has 0 amide bonds. The third-order valence-corrected chi connectivity index (χ3v) is 6.70. The molecule has 138 valence electrons. The molecule has 1 unspecified atom stereocenters. The van der Waals surface area contributed by atoms with Gasteiger partial charge in [0.2, 0.25) is 0 Å². The van der Waals surface area contributed by atoms with E-state index in [2.05, 4.69) is 24.5 Å². The molecule has 1 atom stereocenters. The summed E-state index contributed by atoms with van der Waals surface area (Å²) in [6.45, 7) is 3.97. The molecule has 0 radical (unpaired) electrons. The fourth-order valence-corrected chi connectivity index (χ4v) is 4.97. The summed E-state index contributed by atoms with van der Waals surface area (Å²) in [6.07, 6.45) is 1.99. The minimum Gasteiger partial charge on any atom is -0.249 e. The lowest BCUT2D eigenvalue weighted by Gasteiger charge is -2.23. The first-order chi connectivity index (χ1) is 12.9. The SMILES string of the molecule is Cc1ccc(S(=O)(=O)ONC2=CC(C)Sc3ccc4ccccc4c32)cc1. The summed E-state index contributed by atoms with van der Waals surface area (Å²) in [5, 5.41) is 2.36. The van der Waals surface area contributed by atoms with Gasteiger partial charge in [-0.3, -0.25) is 0 Å². The Kier molecular flexibility index (Phi) is 4.72. The fourth-order valence-electron chi connectivity index (χ4n) is 3.12. The van der Waals surface area contributed by atoms with E-state index >= 15 is 0 Å².